The molecule has 0 spiro atoms. The van der Waals surface area contributed by atoms with Crippen LogP contribution in [0.5, 0.6) is 0 Å². The average molecular weight is 301 g/mol. The van der Waals surface area contributed by atoms with Crippen molar-refractivity contribution in [2.24, 2.45) is 11.7 Å². The van der Waals surface area contributed by atoms with Crippen molar-refractivity contribution in [1.29, 1.82) is 0 Å². The Morgan fingerprint density at radius 3 is 2.74 bits per heavy atom. The number of carbonyl (C=O) groups excluding carboxylic acids is 1. The summed E-state index contributed by atoms with van der Waals surface area (Å²) in [6.45, 7) is 0.677. The topological polar surface area (TPSA) is 55.1 Å². The first-order chi connectivity index (χ1) is 8.79. The van der Waals surface area contributed by atoms with Crippen LogP contribution in [0.3, 0.4) is 0 Å². The van der Waals surface area contributed by atoms with Crippen LogP contribution in [0.2, 0.25) is 0 Å². The predicted octanol–water partition coefficient (Wildman–Crippen LogP) is 2.44. The summed E-state index contributed by atoms with van der Waals surface area (Å²) in [5, 5.41) is 3.11. The van der Waals surface area contributed by atoms with Crippen molar-refractivity contribution in [3.05, 3.63) is 30.3 Å². The monoisotopic (exact) mass is 300 g/mol. The van der Waals surface area contributed by atoms with Gasteiger partial charge in [0, 0.05) is 10.9 Å². The number of nitrogens with one attached hydrogen (secondary N) is 1. The molecule has 5 heteroatoms. The summed E-state index contributed by atoms with van der Waals surface area (Å²) in [6, 6.07) is 10.3. The Morgan fingerprint density at radius 2 is 2.05 bits per heavy atom. The molecule has 0 radical (unpaired) electrons. The van der Waals surface area contributed by atoms with Gasteiger partial charge in [-0.2, -0.15) is 0 Å². The molecule has 3 nitrogen and oxygen atoms in total. The van der Waals surface area contributed by atoms with E-state index in [1.807, 2.05) is 30.3 Å². The Labute approximate surface area is 125 Å². The maximum Gasteiger partial charge on any atom is 0.230 e. The fourth-order valence-electron chi connectivity index (χ4n) is 2.42. The number of thioether (sulfide) groups is 1. The smallest absolute Gasteiger partial charge is 0.230 e. The van der Waals surface area contributed by atoms with Gasteiger partial charge in [-0.1, -0.05) is 24.6 Å². The summed E-state index contributed by atoms with van der Waals surface area (Å²) < 4.78 is 0. The van der Waals surface area contributed by atoms with Crippen molar-refractivity contribution < 1.29 is 4.79 Å². The highest BCUT2D eigenvalue weighted by molar-refractivity contribution is 8.00. The van der Waals surface area contributed by atoms with E-state index >= 15 is 0 Å². The van der Waals surface area contributed by atoms with Crippen LogP contribution in [-0.4, -0.2) is 24.2 Å². The molecule has 0 aliphatic heterocycles. The number of amides is 1. The van der Waals surface area contributed by atoms with Gasteiger partial charge in [-0.25, -0.2) is 0 Å². The highest BCUT2D eigenvalue weighted by atomic mass is 35.5. The summed E-state index contributed by atoms with van der Waals surface area (Å²) in [7, 11) is 0. The van der Waals surface area contributed by atoms with Gasteiger partial charge in [0.15, 0.2) is 0 Å². The molecule has 2 rings (SSSR count). The van der Waals surface area contributed by atoms with Crippen LogP contribution < -0.4 is 11.1 Å². The molecule has 19 heavy (non-hydrogen) atoms. The third-order valence-corrected chi connectivity index (χ3v) is 4.43. The third kappa shape index (κ3) is 5.05. The summed E-state index contributed by atoms with van der Waals surface area (Å²) in [6.07, 6.45) is 3.40. The number of hydrogen-bond donors (Lipinski definition) is 2. The minimum absolute atomic E-state index is 0. The van der Waals surface area contributed by atoms with Crippen molar-refractivity contribution in [3.8, 4) is 0 Å². The maximum atomic E-state index is 11.9. The fourth-order valence-corrected chi connectivity index (χ4v) is 3.15. The Balaban J connectivity index is 0.00000180. The third-order valence-electron chi connectivity index (χ3n) is 3.42. The molecule has 0 saturated heterocycles. The molecular weight excluding hydrogens is 280 g/mol. The molecule has 0 heterocycles. The zero-order valence-corrected chi connectivity index (χ0v) is 12.5. The van der Waals surface area contributed by atoms with E-state index in [1.165, 1.54) is 6.42 Å². The van der Waals surface area contributed by atoms with Gasteiger partial charge in [0.1, 0.15) is 0 Å². The van der Waals surface area contributed by atoms with Gasteiger partial charge in [-0.05, 0) is 37.4 Å². The Hall–Kier alpha value is -0.710. The van der Waals surface area contributed by atoms with Crippen molar-refractivity contribution in [2.75, 3.05) is 12.3 Å². The summed E-state index contributed by atoms with van der Waals surface area (Å²) in [5.41, 5.74) is 5.71. The number of benzene rings is 1. The van der Waals surface area contributed by atoms with Crippen molar-refractivity contribution in [1.82, 2.24) is 5.32 Å². The Kier molecular flexibility index (Phi) is 7.28. The lowest BCUT2D eigenvalue weighted by Crippen LogP contribution is -2.40. The van der Waals surface area contributed by atoms with E-state index < -0.39 is 0 Å². The number of hydrogen-bond acceptors (Lipinski definition) is 3. The van der Waals surface area contributed by atoms with Gasteiger partial charge in [-0.15, -0.1) is 24.2 Å². The zero-order valence-electron chi connectivity index (χ0n) is 10.9. The number of nitrogens with two attached hydrogens (primary N) is 1. The van der Waals surface area contributed by atoms with E-state index in [4.69, 9.17) is 5.73 Å². The highest BCUT2D eigenvalue weighted by Crippen LogP contribution is 2.25. The summed E-state index contributed by atoms with van der Waals surface area (Å²) in [5.74, 6) is 1.07. The van der Waals surface area contributed by atoms with E-state index in [0.717, 1.165) is 17.7 Å². The number of carbonyl (C=O) groups is 1. The predicted molar refractivity (Wildman–Crippen MR) is 82.7 cm³/mol. The molecule has 1 saturated carbocycles. The molecule has 0 bridgehead atoms. The number of rotatable bonds is 5. The molecule has 1 amide bonds. The van der Waals surface area contributed by atoms with Crippen LogP contribution in [0, 0.1) is 5.92 Å². The second-order valence-corrected chi connectivity index (χ2v) is 5.75. The minimum Gasteiger partial charge on any atom is -0.352 e. The average Bonchev–Trinajstić information content (AvgIpc) is 2.85. The first-order valence-electron chi connectivity index (χ1n) is 6.47. The van der Waals surface area contributed by atoms with Crippen LogP contribution in [0.4, 0.5) is 0 Å². The van der Waals surface area contributed by atoms with Crippen LogP contribution >= 0.6 is 24.2 Å². The highest BCUT2D eigenvalue weighted by Gasteiger charge is 2.27. The standard InChI is InChI=1S/C14H20N2OS.ClH/c15-9-11-5-4-8-13(11)16-14(17)10-18-12-6-2-1-3-7-12;/h1-3,6-7,11,13H,4-5,8-10,15H2,(H,16,17);1H. The molecule has 3 N–H and O–H groups in total. The lowest BCUT2D eigenvalue weighted by Gasteiger charge is -2.19. The van der Waals surface area contributed by atoms with Crippen molar-refractivity contribution >= 4 is 30.1 Å². The van der Waals surface area contributed by atoms with Gasteiger partial charge in [0.05, 0.1) is 5.75 Å². The lowest BCUT2D eigenvalue weighted by atomic mass is 10.0. The molecule has 1 aliphatic carbocycles. The summed E-state index contributed by atoms with van der Waals surface area (Å²) in [4.78, 5) is 13.0. The molecule has 106 valence electrons. The molecule has 0 aromatic heterocycles. The minimum atomic E-state index is 0. The van der Waals surface area contributed by atoms with Gasteiger partial charge < -0.3 is 11.1 Å². The molecule has 1 aromatic rings. The van der Waals surface area contributed by atoms with Crippen molar-refractivity contribution in [2.45, 2.75) is 30.2 Å². The molecule has 2 unspecified atom stereocenters. The molecule has 1 aliphatic rings. The summed E-state index contributed by atoms with van der Waals surface area (Å²) >= 11 is 1.58. The molecular formula is C14H21ClN2OS. The van der Waals surface area contributed by atoms with Gasteiger partial charge in [0.25, 0.3) is 0 Å². The van der Waals surface area contributed by atoms with E-state index in [0.29, 0.717) is 24.3 Å². The fraction of sp³-hybridized carbons (Fsp3) is 0.500. The molecule has 2 atom stereocenters. The molecule has 1 fully saturated rings. The largest absolute Gasteiger partial charge is 0.352 e. The zero-order chi connectivity index (χ0) is 12.8. The second-order valence-electron chi connectivity index (χ2n) is 4.70. The van der Waals surface area contributed by atoms with E-state index in [9.17, 15) is 4.79 Å². The van der Waals surface area contributed by atoms with Crippen molar-refractivity contribution in [3.63, 3.8) is 0 Å². The quantitative estimate of drug-likeness (QED) is 0.821. The Bertz CT molecular complexity index is 388. The normalized spacial score (nSPS) is 21.7. The lowest BCUT2D eigenvalue weighted by molar-refractivity contribution is -0.119. The first-order valence-corrected chi connectivity index (χ1v) is 7.45. The van der Waals surface area contributed by atoms with E-state index in [2.05, 4.69) is 5.32 Å². The second kappa shape index (κ2) is 8.46. The van der Waals surface area contributed by atoms with Crippen LogP contribution in [0.1, 0.15) is 19.3 Å². The maximum absolute atomic E-state index is 11.9. The van der Waals surface area contributed by atoms with Crippen LogP contribution in [0.15, 0.2) is 35.2 Å². The van der Waals surface area contributed by atoms with E-state index in [-0.39, 0.29) is 18.3 Å². The Morgan fingerprint density at radius 1 is 1.32 bits per heavy atom. The van der Waals surface area contributed by atoms with Gasteiger partial charge >= 0.3 is 0 Å². The molecule has 1 aromatic carbocycles. The SMILES string of the molecule is Cl.NCC1CCCC1NC(=O)CSc1ccccc1. The van der Waals surface area contributed by atoms with Gasteiger partial charge in [-0.3, -0.25) is 4.79 Å². The van der Waals surface area contributed by atoms with Crippen LogP contribution in [0.25, 0.3) is 0 Å². The van der Waals surface area contributed by atoms with Gasteiger partial charge in [0.2, 0.25) is 5.91 Å². The van der Waals surface area contributed by atoms with Crippen LogP contribution in [-0.2, 0) is 4.79 Å². The first kappa shape index (κ1) is 16.3. The number of halogens is 1. The van der Waals surface area contributed by atoms with E-state index in [1.54, 1.807) is 11.8 Å².